The highest BCUT2D eigenvalue weighted by Gasteiger charge is 2.02. The molecule has 0 unspecified atom stereocenters. The molecular formula is C4H3F2N3O. The van der Waals surface area contributed by atoms with Crippen LogP contribution in [0, 0.1) is 5.82 Å². The minimum atomic E-state index is -1.22. The molecule has 1 aromatic rings. The van der Waals surface area contributed by atoms with E-state index in [1.54, 1.807) is 0 Å². The van der Waals surface area contributed by atoms with Gasteiger partial charge in [-0.05, 0) is 0 Å². The van der Waals surface area contributed by atoms with Gasteiger partial charge < -0.3 is 5.73 Å². The first-order chi connectivity index (χ1) is 4.61. The van der Waals surface area contributed by atoms with Crippen molar-refractivity contribution in [3.05, 3.63) is 22.5 Å². The van der Waals surface area contributed by atoms with Crippen LogP contribution in [0.2, 0.25) is 0 Å². The zero-order chi connectivity index (χ0) is 7.72. The first-order valence-corrected chi connectivity index (χ1v) is 2.32. The van der Waals surface area contributed by atoms with Gasteiger partial charge in [0.05, 0.1) is 6.20 Å². The molecule has 1 aromatic heterocycles. The number of halogens is 2. The molecule has 0 saturated carbocycles. The Balaban J connectivity index is 3.43. The van der Waals surface area contributed by atoms with E-state index in [-0.39, 0.29) is 0 Å². The number of aromatic nitrogens is 2. The van der Waals surface area contributed by atoms with E-state index in [0.717, 1.165) is 0 Å². The van der Waals surface area contributed by atoms with Crippen LogP contribution >= 0.6 is 0 Å². The van der Waals surface area contributed by atoms with E-state index in [4.69, 9.17) is 5.73 Å². The van der Waals surface area contributed by atoms with Gasteiger partial charge in [0, 0.05) is 0 Å². The predicted molar refractivity (Wildman–Crippen MR) is 29.4 cm³/mol. The topological polar surface area (TPSA) is 60.9 Å². The Bertz CT molecular complexity index is 308. The molecule has 6 heteroatoms. The Labute approximate surface area is 53.8 Å². The highest BCUT2D eigenvalue weighted by atomic mass is 19.2. The van der Waals surface area contributed by atoms with Crippen molar-refractivity contribution in [2.24, 2.45) is 0 Å². The summed E-state index contributed by atoms with van der Waals surface area (Å²) in [6.07, 6.45) is 0.324. The largest absolute Gasteiger partial charge is 0.381 e. The molecule has 0 aliphatic rings. The number of hydrogen-bond donors (Lipinski definition) is 1. The fourth-order valence-electron chi connectivity index (χ4n) is 0.425. The van der Waals surface area contributed by atoms with E-state index in [0.29, 0.717) is 6.20 Å². The van der Waals surface area contributed by atoms with Crippen LogP contribution < -0.4 is 11.4 Å². The van der Waals surface area contributed by atoms with Gasteiger partial charge in [-0.3, -0.25) is 0 Å². The van der Waals surface area contributed by atoms with Crippen LogP contribution in [0.4, 0.5) is 14.7 Å². The van der Waals surface area contributed by atoms with Crippen LogP contribution in [0.3, 0.4) is 0 Å². The van der Waals surface area contributed by atoms with E-state index in [9.17, 15) is 13.7 Å². The minimum absolute atomic E-state index is 0.324. The fraction of sp³-hybridized carbons (Fsp3) is 0. The van der Waals surface area contributed by atoms with Crippen molar-refractivity contribution in [1.29, 1.82) is 0 Å². The van der Waals surface area contributed by atoms with E-state index < -0.39 is 22.1 Å². The first kappa shape index (κ1) is 6.66. The van der Waals surface area contributed by atoms with Crippen molar-refractivity contribution in [1.82, 2.24) is 9.77 Å². The summed E-state index contributed by atoms with van der Waals surface area (Å²) in [5.74, 6) is -1.65. The minimum Gasteiger partial charge on any atom is -0.381 e. The van der Waals surface area contributed by atoms with Crippen LogP contribution in [0.25, 0.3) is 0 Å². The third kappa shape index (κ3) is 0.949. The van der Waals surface area contributed by atoms with Gasteiger partial charge in [0.1, 0.15) is 0 Å². The average molecular weight is 147 g/mol. The maximum atomic E-state index is 12.2. The maximum Gasteiger partial charge on any atom is 0.378 e. The summed E-state index contributed by atoms with van der Waals surface area (Å²) >= 11 is 0. The van der Waals surface area contributed by atoms with Gasteiger partial charge in [-0.1, -0.05) is 4.48 Å². The second kappa shape index (κ2) is 2.05. The molecule has 0 fully saturated rings. The van der Waals surface area contributed by atoms with Crippen LogP contribution in [0.15, 0.2) is 11.0 Å². The molecule has 4 nitrogen and oxygen atoms in total. The van der Waals surface area contributed by atoms with Crippen molar-refractivity contribution >= 4 is 5.82 Å². The SMILES string of the molecule is Nc1nc(=O)n(F)cc1F. The molecule has 54 valence electrons. The smallest absolute Gasteiger partial charge is 0.378 e. The molecule has 0 aromatic carbocycles. The zero-order valence-electron chi connectivity index (χ0n) is 4.71. The highest BCUT2D eigenvalue weighted by molar-refractivity contribution is 5.25. The van der Waals surface area contributed by atoms with Gasteiger partial charge in [0.15, 0.2) is 11.6 Å². The van der Waals surface area contributed by atoms with Crippen molar-refractivity contribution in [3.63, 3.8) is 0 Å². The molecule has 0 spiro atoms. The summed E-state index contributed by atoms with van der Waals surface area (Å²) in [6.45, 7) is 0. The molecule has 2 N–H and O–H groups in total. The normalized spacial score (nSPS) is 9.80. The lowest BCUT2D eigenvalue weighted by Gasteiger charge is -1.92. The lowest BCUT2D eigenvalue weighted by Crippen LogP contribution is -2.19. The molecule has 0 atom stereocenters. The summed E-state index contributed by atoms with van der Waals surface area (Å²) in [6, 6.07) is 0. The van der Waals surface area contributed by atoms with Crippen molar-refractivity contribution in [2.75, 3.05) is 5.73 Å². The molecule has 0 amide bonds. The Morgan fingerprint density at radius 1 is 1.70 bits per heavy atom. The van der Waals surface area contributed by atoms with Crippen LogP contribution in [-0.2, 0) is 0 Å². The second-order valence-corrected chi connectivity index (χ2v) is 1.57. The highest BCUT2D eigenvalue weighted by Crippen LogP contribution is 1.99. The molecule has 0 bridgehead atoms. The summed E-state index contributed by atoms with van der Waals surface area (Å²) in [5, 5.41) is 0. The number of nitrogens with zero attached hydrogens (tertiary/aromatic N) is 2. The number of nitrogen functional groups attached to an aromatic ring is 1. The van der Waals surface area contributed by atoms with E-state index in [1.807, 2.05) is 0 Å². The first-order valence-electron chi connectivity index (χ1n) is 2.32. The van der Waals surface area contributed by atoms with Gasteiger partial charge >= 0.3 is 5.69 Å². The Hall–Kier alpha value is -1.46. The van der Waals surface area contributed by atoms with Gasteiger partial charge in [-0.25, -0.2) is 9.18 Å². The average Bonchev–Trinajstić information content (AvgIpc) is 1.84. The lowest BCUT2D eigenvalue weighted by atomic mass is 10.6. The summed E-state index contributed by atoms with van der Waals surface area (Å²) in [5.41, 5.74) is 3.60. The number of anilines is 1. The van der Waals surface area contributed by atoms with Crippen molar-refractivity contribution in [2.45, 2.75) is 0 Å². The van der Waals surface area contributed by atoms with Gasteiger partial charge in [0.25, 0.3) is 0 Å². The van der Waals surface area contributed by atoms with Crippen molar-refractivity contribution in [3.8, 4) is 0 Å². The van der Waals surface area contributed by atoms with E-state index >= 15 is 0 Å². The quantitative estimate of drug-likeness (QED) is 0.547. The predicted octanol–water partition coefficient (Wildman–Crippen LogP) is -0.303. The maximum absolute atomic E-state index is 12.2. The Kier molecular flexibility index (Phi) is 1.37. The standard InChI is InChI=1S/C4H3F2N3O/c5-2-1-9(6)4(10)8-3(2)7/h1H,(H2,7,8,10). The molecule has 0 aliphatic heterocycles. The third-order valence-electron chi connectivity index (χ3n) is 0.870. The number of nitrogens with two attached hydrogens (primary N) is 1. The Morgan fingerprint density at radius 2 is 2.30 bits per heavy atom. The van der Waals surface area contributed by atoms with Crippen LogP contribution in [0.5, 0.6) is 0 Å². The van der Waals surface area contributed by atoms with Crippen LogP contribution in [0.1, 0.15) is 0 Å². The molecule has 0 saturated heterocycles. The third-order valence-corrected chi connectivity index (χ3v) is 0.870. The number of rotatable bonds is 0. The second-order valence-electron chi connectivity index (χ2n) is 1.57. The van der Waals surface area contributed by atoms with Crippen LogP contribution in [-0.4, -0.2) is 9.77 Å². The zero-order valence-corrected chi connectivity index (χ0v) is 4.71. The summed E-state index contributed by atoms with van der Waals surface area (Å²) < 4.78 is 24.2. The van der Waals surface area contributed by atoms with E-state index in [1.165, 1.54) is 0 Å². The molecule has 0 radical (unpaired) electrons. The molecule has 10 heavy (non-hydrogen) atoms. The molecule has 1 heterocycles. The summed E-state index contributed by atoms with van der Waals surface area (Å²) in [4.78, 5) is 12.5. The molecule has 0 aliphatic carbocycles. The fourth-order valence-corrected chi connectivity index (χ4v) is 0.425. The Morgan fingerprint density at radius 3 is 2.80 bits per heavy atom. The monoisotopic (exact) mass is 147 g/mol. The lowest BCUT2D eigenvalue weighted by molar-refractivity contribution is 0.334. The van der Waals surface area contributed by atoms with Gasteiger partial charge in [-0.2, -0.15) is 4.98 Å². The summed E-state index contributed by atoms with van der Waals surface area (Å²) in [7, 11) is 0. The molecule has 1 rings (SSSR count). The van der Waals surface area contributed by atoms with E-state index in [2.05, 4.69) is 4.98 Å². The van der Waals surface area contributed by atoms with Gasteiger partial charge in [0.2, 0.25) is 0 Å². The van der Waals surface area contributed by atoms with Crippen molar-refractivity contribution < 1.29 is 8.87 Å². The number of hydrogen-bond acceptors (Lipinski definition) is 3. The van der Waals surface area contributed by atoms with Gasteiger partial charge in [-0.15, -0.1) is 4.79 Å². The molecular weight excluding hydrogens is 144 g/mol.